The topological polar surface area (TPSA) is 72.5 Å². The number of esters is 1. The lowest BCUT2D eigenvalue weighted by Gasteiger charge is -2.18. The molecule has 1 N–H and O–H groups in total. The summed E-state index contributed by atoms with van der Waals surface area (Å²) in [6, 6.07) is 15.6. The summed E-state index contributed by atoms with van der Waals surface area (Å²) in [6.07, 6.45) is 0.830. The molecule has 154 valence electrons. The van der Waals surface area contributed by atoms with Crippen LogP contribution in [0, 0.1) is 11.8 Å². The quantitative estimate of drug-likeness (QED) is 0.474. The van der Waals surface area contributed by atoms with Crippen LogP contribution in [-0.2, 0) is 14.3 Å². The van der Waals surface area contributed by atoms with Crippen molar-refractivity contribution in [3.8, 4) is 0 Å². The first kappa shape index (κ1) is 22.3. The van der Waals surface area contributed by atoms with Gasteiger partial charge in [-0.1, -0.05) is 44.2 Å². The van der Waals surface area contributed by atoms with Crippen LogP contribution < -0.4 is 5.32 Å². The molecule has 0 aliphatic rings. The zero-order valence-electron chi connectivity index (χ0n) is 16.7. The molecule has 2 aromatic rings. The molecule has 2 aromatic carbocycles. The van der Waals surface area contributed by atoms with Gasteiger partial charge in [0.15, 0.2) is 5.78 Å². The third-order valence-electron chi connectivity index (χ3n) is 4.68. The van der Waals surface area contributed by atoms with E-state index in [0.29, 0.717) is 29.7 Å². The number of anilines is 1. The van der Waals surface area contributed by atoms with Gasteiger partial charge in [-0.3, -0.25) is 14.4 Å². The van der Waals surface area contributed by atoms with Gasteiger partial charge in [-0.2, -0.15) is 0 Å². The molecule has 0 aliphatic heterocycles. The molecule has 0 saturated heterocycles. The van der Waals surface area contributed by atoms with Crippen LogP contribution in [0.5, 0.6) is 0 Å². The average molecular weight is 399 g/mol. The van der Waals surface area contributed by atoms with Crippen molar-refractivity contribution in [3.63, 3.8) is 0 Å². The van der Waals surface area contributed by atoms with E-state index in [4.69, 9.17) is 4.74 Å². The van der Waals surface area contributed by atoms with Crippen molar-refractivity contribution in [2.24, 2.45) is 11.8 Å². The second kappa shape index (κ2) is 11.1. The lowest BCUT2D eigenvalue weighted by Crippen LogP contribution is -2.27. The van der Waals surface area contributed by atoms with Crippen LogP contribution in [0.2, 0.25) is 0 Å². The fourth-order valence-corrected chi connectivity index (χ4v) is 2.95. The summed E-state index contributed by atoms with van der Waals surface area (Å²) in [4.78, 5) is 36.8. The number of ketones is 1. The highest BCUT2D eigenvalue weighted by Crippen LogP contribution is 2.20. The van der Waals surface area contributed by atoms with Crippen molar-refractivity contribution >= 4 is 23.3 Å². The lowest BCUT2D eigenvalue weighted by atomic mass is 9.93. The highest BCUT2D eigenvalue weighted by atomic mass is 19.1. The van der Waals surface area contributed by atoms with Crippen molar-refractivity contribution in [2.75, 3.05) is 18.6 Å². The minimum absolute atomic E-state index is 0.0885. The molecular weight excluding hydrogens is 373 g/mol. The molecule has 2 unspecified atom stereocenters. The van der Waals surface area contributed by atoms with E-state index in [2.05, 4.69) is 5.32 Å². The van der Waals surface area contributed by atoms with Gasteiger partial charge >= 0.3 is 5.97 Å². The molecule has 1 amide bonds. The number of hydrogen-bond acceptors (Lipinski definition) is 4. The molecule has 2 rings (SSSR count). The zero-order valence-corrected chi connectivity index (χ0v) is 16.7. The number of ether oxygens (including phenoxy) is 1. The Labute approximate surface area is 170 Å². The number of carbonyl (C=O) groups is 3. The fraction of sp³-hybridized carbons (Fsp3) is 0.348. The van der Waals surface area contributed by atoms with Gasteiger partial charge in [0.1, 0.15) is 13.3 Å². The molecule has 0 saturated carbocycles. The normalized spacial score (nSPS) is 12.7. The van der Waals surface area contributed by atoms with Gasteiger partial charge in [0.05, 0.1) is 5.92 Å². The molecule has 0 fully saturated rings. The third kappa shape index (κ3) is 6.52. The number of carbonyl (C=O) groups excluding carboxylic acids is 3. The van der Waals surface area contributed by atoms with Crippen molar-refractivity contribution in [2.45, 2.75) is 26.7 Å². The maximum atomic E-state index is 12.5. The Morgan fingerprint density at radius 1 is 1.00 bits per heavy atom. The number of nitrogens with one attached hydrogen (secondary N) is 1. The number of halogens is 1. The summed E-state index contributed by atoms with van der Waals surface area (Å²) < 4.78 is 17.0. The third-order valence-corrected chi connectivity index (χ3v) is 4.68. The molecule has 0 radical (unpaired) electrons. The van der Waals surface area contributed by atoms with E-state index >= 15 is 0 Å². The number of amides is 1. The van der Waals surface area contributed by atoms with Gasteiger partial charge in [0.2, 0.25) is 5.91 Å². The zero-order chi connectivity index (χ0) is 21.2. The average Bonchev–Trinajstić information content (AvgIpc) is 2.76. The van der Waals surface area contributed by atoms with E-state index in [-0.39, 0.29) is 18.3 Å². The molecular formula is C23H26FNO4. The van der Waals surface area contributed by atoms with Crippen molar-refractivity contribution in [1.29, 1.82) is 0 Å². The van der Waals surface area contributed by atoms with Gasteiger partial charge in [-0.15, -0.1) is 0 Å². The summed E-state index contributed by atoms with van der Waals surface area (Å²) >= 11 is 0. The first-order valence-electron chi connectivity index (χ1n) is 9.69. The molecule has 0 bridgehead atoms. The smallest absolute Gasteiger partial charge is 0.309 e. The summed E-state index contributed by atoms with van der Waals surface area (Å²) in [5, 5.41) is 2.80. The van der Waals surface area contributed by atoms with E-state index in [1.807, 2.05) is 13.0 Å². The van der Waals surface area contributed by atoms with Crippen molar-refractivity contribution < 1.29 is 23.5 Å². The van der Waals surface area contributed by atoms with E-state index in [0.717, 1.165) is 0 Å². The van der Waals surface area contributed by atoms with Gasteiger partial charge in [0, 0.05) is 22.7 Å². The largest absolute Gasteiger partial charge is 0.463 e. The number of benzene rings is 2. The second-order valence-electron chi connectivity index (χ2n) is 6.86. The highest BCUT2D eigenvalue weighted by molar-refractivity contribution is 6.09. The van der Waals surface area contributed by atoms with E-state index in [9.17, 15) is 18.8 Å². The summed E-state index contributed by atoms with van der Waals surface area (Å²) in [5.74, 6) is -1.68. The van der Waals surface area contributed by atoms with Crippen LogP contribution in [0.1, 0.15) is 42.6 Å². The molecule has 0 heterocycles. The van der Waals surface area contributed by atoms with Gasteiger partial charge in [0.25, 0.3) is 0 Å². The SMILES string of the molecule is CCC(CC(C)C(=O)Nc1ccc(C(=O)c2ccccc2)cc1)C(=O)OCCF. The predicted molar refractivity (Wildman–Crippen MR) is 109 cm³/mol. The maximum absolute atomic E-state index is 12.5. The minimum atomic E-state index is -0.721. The standard InChI is InChI=1S/C23H26FNO4/c1-3-17(23(28)29-14-13-24)15-16(2)22(27)25-20-11-9-19(10-12-20)21(26)18-7-5-4-6-8-18/h4-12,16-17H,3,13-15H2,1-2H3,(H,25,27). The Bertz CT molecular complexity index is 821. The Morgan fingerprint density at radius 2 is 1.62 bits per heavy atom. The Balaban J connectivity index is 1.94. The van der Waals surface area contributed by atoms with Crippen LogP contribution in [-0.4, -0.2) is 30.9 Å². The minimum Gasteiger partial charge on any atom is -0.463 e. The molecule has 0 aromatic heterocycles. The van der Waals surface area contributed by atoms with E-state index in [1.54, 1.807) is 55.5 Å². The maximum Gasteiger partial charge on any atom is 0.309 e. The van der Waals surface area contributed by atoms with E-state index in [1.165, 1.54) is 0 Å². The summed E-state index contributed by atoms with van der Waals surface area (Å²) in [7, 11) is 0. The molecule has 2 atom stereocenters. The molecule has 0 spiro atoms. The monoisotopic (exact) mass is 399 g/mol. The fourth-order valence-electron chi connectivity index (χ4n) is 2.95. The number of hydrogen-bond donors (Lipinski definition) is 1. The van der Waals surface area contributed by atoms with E-state index < -0.39 is 24.5 Å². The van der Waals surface area contributed by atoms with Crippen molar-refractivity contribution in [3.05, 3.63) is 65.7 Å². The van der Waals surface area contributed by atoms with Crippen LogP contribution in [0.3, 0.4) is 0 Å². The second-order valence-corrected chi connectivity index (χ2v) is 6.86. The molecule has 29 heavy (non-hydrogen) atoms. The number of alkyl halides is 1. The lowest BCUT2D eigenvalue weighted by molar-refractivity contribution is -0.149. The Kier molecular flexibility index (Phi) is 8.52. The van der Waals surface area contributed by atoms with Gasteiger partial charge in [-0.05, 0) is 37.1 Å². The summed E-state index contributed by atoms with van der Waals surface area (Å²) in [6.45, 7) is 2.58. The molecule has 6 heteroatoms. The molecule has 5 nitrogen and oxygen atoms in total. The van der Waals surface area contributed by atoms with Crippen LogP contribution in [0.4, 0.5) is 10.1 Å². The first-order valence-corrected chi connectivity index (χ1v) is 9.69. The van der Waals surface area contributed by atoms with Gasteiger partial charge < -0.3 is 10.1 Å². The first-order chi connectivity index (χ1) is 14.0. The Hall–Kier alpha value is -3.02. The van der Waals surface area contributed by atoms with Gasteiger partial charge in [-0.25, -0.2) is 4.39 Å². The predicted octanol–water partition coefficient (Wildman–Crippen LogP) is 4.42. The van der Waals surface area contributed by atoms with Crippen LogP contribution >= 0.6 is 0 Å². The Morgan fingerprint density at radius 3 is 2.21 bits per heavy atom. The van der Waals surface area contributed by atoms with Crippen LogP contribution in [0.15, 0.2) is 54.6 Å². The van der Waals surface area contributed by atoms with Crippen LogP contribution in [0.25, 0.3) is 0 Å². The van der Waals surface area contributed by atoms with Crippen molar-refractivity contribution in [1.82, 2.24) is 0 Å². The summed E-state index contributed by atoms with van der Waals surface area (Å²) in [5.41, 5.74) is 1.70. The number of rotatable bonds is 10. The highest BCUT2D eigenvalue weighted by Gasteiger charge is 2.24. The molecule has 0 aliphatic carbocycles.